The van der Waals surface area contributed by atoms with Gasteiger partial charge in [0.2, 0.25) is 6.29 Å². The minimum absolute atomic E-state index is 0.262. The van der Waals surface area contributed by atoms with E-state index in [0.29, 0.717) is 24.1 Å². The van der Waals surface area contributed by atoms with Gasteiger partial charge in [0.05, 0.1) is 12.3 Å². The Hall–Kier alpha value is -1.60. The van der Waals surface area contributed by atoms with E-state index in [-0.39, 0.29) is 12.2 Å². The second-order valence-corrected chi connectivity index (χ2v) is 4.84. The SMILES string of the molecule is CC(CO)C(O)On1c2c(c(=O)[nH]c1=O)CCCC2. The molecule has 0 amide bonds. The zero-order valence-electron chi connectivity index (χ0n) is 10.8. The van der Waals surface area contributed by atoms with Gasteiger partial charge in [0.25, 0.3) is 5.56 Å². The Labute approximate surface area is 109 Å². The molecule has 0 spiro atoms. The number of aliphatic hydroxyl groups excluding tert-OH is 2. The lowest BCUT2D eigenvalue weighted by molar-refractivity contribution is -0.147. The van der Waals surface area contributed by atoms with E-state index in [4.69, 9.17) is 9.94 Å². The van der Waals surface area contributed by atoms with Gasteiger partial charge in [0.15, 0.2) is 0 Å². The molecular formula is C12H18N2O5. The van der Waals surface area contributed by atoms with Crippen LogP contribution in [0.4, 0.5) is 0 Å². The zero-order valence-corrected chi connectivity index (χ0v) is 10.8. The lowest BCUT2D eigenvalue weighted by atomic mass is 9.97. The molecule has 19 heavy (non-hydrogen) atoms. The number of aromatic amines is 1. The standard InChI is InChI=1S/C12H18N2O5/c1-7(6-15)11(17)19-14-9-5-3-2-4-8(9)10(16)13-12(14)18/h7,11,15,17H,2-6H2,1H3,(H,13,16,18). The van der Waals surface area contributed by atoms with Crippen molar-refractivity contribution in [1.29, 1.82) is 0 Å². The highest BCUT2D eigenvalue weighted by atomic mass is 16.7. The van der Waals surface area contributed by atoms with Gasteiger partial charge in [-0.15, -0.1) is 4.73 Å². The van der Waals surface area contributed by atoms with Crippen molar-refractivity contribution < 1.29 is 15.1 Å². The average Bonchev–Trinajstić information content (AvgIpc) is 2.42. The van der Waals surface area contributed by atoms with Crippen LogP contribution in [-0.2, 0) is 12.8 Å². The Bertz CT molecular complexity index is 562. The molecule has 7 nitrogen and oxygen atoms in total. The Kier molecular flexibility index (Phi) is 4.06. The second-order valence-electron chi connectivity index (χ2n) is 4.84. The quantitative estimate of drug-likeness (QED) is 0.596. The molecule has 0 aromatic carbocycles. The Morgan fingerprint density at radius 1 is 1.37 bits per heavy atom. The van der Waals surface area contributed by atoms with E-state index in [2.05, 4.69) is 4.98 Å². The summed E-state index contributed by atoms with van der Waals surface area (Å²) in [5.74, 6) is -0.530. The van der Waals surface area contributed by atoms with E-state index < -0.39 is 17.9 Å². The molecule has 3 N–H and O–H groups in total. The van der Waals surface area contributed by atoms with Gasteiger partial charge in [-0.25, -0.2) is 4.79 Å². The predicted molar refractivity (Wildman–Crippen MR) is 66.8 cm³/mol. The molecule has 2 unspecified atom stereocenters. The number of H-pyrrole nitrogens is 1. The van der Waals surface area contributed by atoms with Crippen LogP contribution in [-0.4, -0.2) is 32.8 Å². The molecule has 1 aromatic rings. The van der Waals surface area contributed by atoms with Crippen LogP contribution in [0, 0.1) is 5.92 Å². The van der Waals surface area contributed by atoms with Gasteiger partial charge in [-0.2, -0.15) is 0 Å². The van der Waals surface area contributed by atoms with E-state index >= 15 is 0 Å². The summed E-state index contributed by atoms with van der Waals surface area (Å²) in [7, 11) is 0. The number of nitrogens with zero attached hydrogens (tertiary/aromatic N) is 1. The summed E-state index contributed by atoms with van der Waals surface area (Å²) >= 11 is 0. The van der Waals surface area contributed by atoms with Gasteiger partial charge in [-0.05, 0) is 25.7 Å². The molecule has 106 valence electrons. The highest BCUT2D eigenvalue weighted by molar-refractivity contribution is 5.19. The van der Waals surface area contributed by atoms with Crippen LogP contribution in [0.5, 0.6) is 0 Å². The normalized spacial score (nSPS) is 17.6. The van der Waals surface area contributed by atoms with Crippen LogP contribution < -0.4 is 16.1 Å². The Morgan fingerprint density at radius 2 is 2.05 bits per heavy atom. The fraction of sp³-hybridized carbons (Fsp3) is 0.667. The summed E-state index contributed by atoms with van der Waals surface area (Å²) < 4.78 is 0.951. The first-order valence-electron chi connectivity index (χ1n) is 6.37. The van der Waals surface area contributed by atoms with E-state index in [1.54, 1.807) is 6.92 Å². The maximum absolute atomic E-state index is 11.8. The summed E-state index contributed by atoms with van der Waals surface area (Å²) in [5.41, 5.74) is -0.0297. The van der Waals surface area contributed by atoms with E-state index in [0.717, 1.165) is 17.6 Å². The van der Waals surface area contributed by atoms with Crippen molar-refractivity contribution in [1.82, 2.24) is 9.71 Å². The number of hydrogen-bond acceptors (Lipinski definition) is 5. The molecule has 0 saturated carbocycles. The van der Waals surface area contributed by atoms with Gasteiger partial charge >= 0.3 is 5.69 Å². The number of aromatic nitrogens is 2. The minimum atomic E-state index is -1.31. The van der Waals surface area contributed by atoms with Crippen molar-refractivity contribution >= 4 is 0 Å². The molecular weight excluding hydrogens is 252 g/mol. The maximum atomic E-state index is 11.8. The summed E-state index contributed by atoms with van der Waals surface area (Å²) in [6.45, 7) is 1.33. The molecule has 1 heterocycles. The number of fused-ring (bicyclic) bond motifs is 1. The summed E-state index contributed by atoms with van der Waals surface area (Å²) in [4.78, 5) is 30.8. The molecule has 0 bridgehead atoms. The van der Waals surface area contributed by atoms with Gasteiger partial charge in [-0.3, -0.25) is 9.78 Å². The van der Waals surface area contributed by atoms with Crippen molar-refractivity contribution in [2.24, 2.45) is 5.92 Å². The van der Waals surface area contributed by atoms with Crippen LogP contribution in [0.1, 0.15) is 31.0 Å². The first-order chi connectivity index (χ1) is 9.04. The maximum Gasteiger partial charge on any atom is 0.361 e. The highest BCUT2D eigenvalue weighted by Gasteiger charge is 2.22. The van der Waals surface area contributed by atoms with Crippen LogP contribution in [0.15, 0.2) is 9.59 Å². The van der Waals surface area contributed by atoms with Crippen molar-refractivity contribution in [2.75, 3.05) is 6.61 Å². The molecule has 0 saturated heterocycles. The van der Waals surface area contributed by atoms with Gasteiger partial charge < -0.3 is 15.1 Å². The topological polar surface area (TPSA) is 105 Å². The van der Waals surface area contributed by atoms with Crippen molar-refractivity contribution in [2.45, 2.75) is 38.9 Å². The lowest BCUT2D eigenvalue weighted by Gasteiger charge is -2.23. The summed E-state index contributed by atoms with van der Waals surface area (Å²) in [6.07, 6.45) is 1.61. The average molecular weight is 270 g/mol. The van der Waals surface area contributed by atoms with Crippen molar-refractivity contribution in [3.8, 4) is 0 Å². The predicted octanol–water partition coefficient (Wildman–Crippen LogP) is -1.21. The van der Waals surface area contributed by atoms with Crippen molar-refractivity contribution in [3.05, 3.63) is 32.1 Å². The van der Waals surface area contributed by atoms with Crippen LogP contribution in [0.3, 0.4) is 0 Å². The van der Waals surface area contributed by atoms with E-state index in [1.807, 2.05) is 0 Å². The molecule has 7 heteroatoms. The second kappa shape index (κ2) is 5.58. The molecule has 0 radical (unpaired) electrons. The molecule has 1 aliphatic rings. The summed E-state index contributed by atoms with van der Waals surface area (Å²) in [5, 5.41) is 18.7. The molecule has 1 aliphatic carbocycles. The third-order valence-corrected chi connectivity index (χ3v) is 3.35. The van der Waals surface area contributed by atoms with E-state index in [1.165, 1.54) is 0 Å². The molecule has 0 fully saturated rings. The first-order valence-corrected chi connectivity index (χ1v) is 6.37. The third kappa shape index (κ3) is 2.71. The van der Waals surface area contributed by atoms with Gasteiger partial charge in [-0.1, -0.05) is 6.92 Å². The van der Waals surface area contributed by atoms with Crippen LogP contribution in [0.2, 0.25) is 0 Å². The third-order valence-electron chi connectivity index (χ3n) is 3.35. The number of hydrogen-bond donors (Lipinski definition) is 3. The lowest BCUT2D eigenvalue weighted by Crippen LogP contribution is -2.44. The number of nitrogens with one attached hydrogen (secondary N) is 1. The minimum Gasteiger partial charge on any atom is -0.396 e. The molecule has 2 rings (SSSR count). The Balaban J connectivity index is 2.40. The molecule has 2 atom stereocenters. The smallest absolute Gasteiger partial charge is 0.361 e. The highest BCUT2D eigenvalue weighted by Crippen LogP contribution is 2.16. The van der Waals surface area contributed by atoms with Crippen LogP contribution in [0.25, 0.3) is 0 Å². The molecule has 0 aliphatic heterocycles. The number of aliphatic hydroxyl groups is 2. The largest absolute Gasteiger partial charge is 0.396 e. The summed E-state index contributed by atoms with van der Waals surface area (Å²) in [6, 6.07) is 0. The first kappa shape index (κ1) is 13.8. The zero-order chi connectivity index (χ0) is 14.0. The Morgan fingerprint density at radius 3 is 2.74 bits per heavy atom. The van der Waals surface area contributed by atoms with Gasteiger partial charge in [0, 0.05) is 11.5 Å². The molecule has 1 aromatic heterocycles. The van der Waals surface area contributed by atoms with Crippen LogP contribution >= 0.6 is 0 Å². The van der Waals surface area contributed by atoms with Crippen molar-refractivity contribution in [3.63, 3.8) is 0 Å². The fourth-order valence-corrected chi connectivity index (χ4v) is 2.12. The monoisotopic (exact) mass is 270 g/mol. The fourth-order valence-electron chi connectivity index (χ4n) is 2.12. The van der Waals surface area contributed by atoms with Gasteiger partial charge in [0.1, 0.15) is 0 Å². The number of rotatable bonds is 4. The van der Waals surface area contributed by atoms with E-state index in [9.17, 15) is 14.7 Å².